The van der Waals surface area contributed by atoms with Crippen molar-refractivity contribution in [3.05, 3.63) is 29.0 Å². The minimum atomic E-state index is -1.09. The second-order valence-corrected chi connectivity index (χ2v) is 3.30. The zero-order chi connectivity index (χ0) is 12.8. The highest BCUT2D eigenvalue weighted by molar-refractivity contribution is 6.41. The largest absolute Gasteiger partial charge is 0.335 e. The standard InChI is InChI=1S/C10H7ClFN3O2/c11-6-2-1-3-7(12)8(6)15-10(17)9(16)14-5-4-13/h1-3H,5H2,(H,14,16)(H,15,17). The SMILES string of the molecule is N#CCNC(=O)C(=O)Nc1c(F)cccc1Cl. The number of rotatable bonds is 2. The molecule has 0 aliphatic carbocycles. The molecule has 2 amide bonds. The Bertz CT molecular complexity index is 479. The normalized spacial score (nSPS) is 9.24. The molecular formula is C10H7ClFN3O2. The zero-order valence-electron chi connectivity index (χ0n) is 8.46. The first-order valence-corrected chi connectivity index (χ1v) is 4.84. The van der Waals surface area contributed by atoms with Crippen molar-refractivity contribution in [3.63, 3.8) is 0 Å². The van der Waals surface area contributed by atoms with Crippen molar-refractivity contribution in [2.45, 2.75) is 0 Å². The van der Waals surface area contributed by atoms with Crippen LogP contribution in [0.4, 0.5) is 10.1 Å². The maximum atomic E-state index is 13.2. The lowest BCUT2D eigenvalue weighted by Gasteiger charge is -2.07. The van der Waals surface area contributed by atoms with Gasteiger partial charge in [-0.1, -0.05) is 17.7 Å². The quantitative estimate of drug-likeness (QED) is 0.612. The first-order chi connectivity index (χ1) is 8.06. The number of carbonyl (C=O) groups is 2. The van der Waals surface area contributed by atoms with E-state index in [0.29, 0.717) is 0 Å². The molecule has 0 bridgehead atoms. The summed E-state index contributed by atoms with van der Waals surface area (Å²) < 4.78 is 13.2. The van der Waals surface area contributed by atoms with E-state index >= 15 is 0 Å². The van der Waals surface area contributed by atoms with Gasteiger partial charge in [-0.25, -0.2) is 4.39 Å². The minimum Gasteiger partial charge on any atom is -0.335 e. The molecule has 0 spiro atoms. The molecule has 17 heavy (non-hydrogen) atoms. The number of para-hydroxylation sites is 1. The van der Waals surface area contributed by atoms with Crippen LogP contribution in [0.3, 0.4) is 0 Å². The molecule has 1 aromatic rings. The third kappa shape index (κ3) is 3.43. The van der Waals surface area contributed by atoms with Crippen molar-refractivity contribution in [3.8, 4) is 6.07 Å². The van der Waals surface area contributed by atoms with E-state index in [9.17, 15) is 14.0 Å². The van der Waals surface area contributed by atoms with Crippen LogP contribution in [0.15, 0.2) is 18.2 Å². The molecular weight excluding hydrogens is 249 g/mol. The minimum absolute atomic E-state index is 0.0218. The maximum absolute atomic E-state index is 13.2. The third-order valence-electron chi connectivity index (χ3n) is 1.74. The van der Waals surface area contributed by atoms with Gasteiger partial charge in [-0.3, -0.25) is 9.59 Å². The molecule has 0 unspecified atom stereocenters. The second kappa shape index (κ2) is 5.82. The summed E-state index contributed by atoms with van der Waals surface area (Å²) in [6.07, 6.45) is 0. The summed E-state index contributed by atoms with van der Waals surface area (Å²) in [6.45, 7) is -0.308. The number of carbonyl (C=O) groups excluding carboxylic acids is 2. The van der Waals surface area contributed by atoms with E-state index in [1.807, 2.05) is 10.6 Å². The molecule has 0 radical (unpaired) electrons. The lowest BCUT2D eigenvalue weighted by Crippen LogP contribution is -2.35. The van der Waals surface area contributed by atoms with E-state index in [1.165, 1.54) is 12.1 Å². The lowest BCUT2D eigenvalue weighted by molar-refractivity contribution is -0.136. The lowest BCUT2D eigenvalue weighted by atomic mass is 10.3. The summed E-state index contributed by atoms with van der Waals surface area (Å²) in [6, 6.07) is 5.45. The number of halogens is 2. The Labute approximate surface area is 101 Å². The second-order valence-electron chi connectivity index (χ2n) is 2.89. The van der Waals surface area contributed by atoms with Crippen LogP contribution in [0.25, 0.3) is 0 Å². The van der Waals surface area contributed by atoms with Crippen LogP contribution in [-0.2, 0) is 9.59 Å². The van der Waals surface area contributed by atoms with E-state index in [1.54, 1.807) is 6.07 Å². The van der Waals surface area contributed by atoms with Crippen LogP contribution in [0, 0.1) is 17.1 Å². The monoisotopic (exact) mass is 255 g/mol. The summed E-state index contributed by atoms with van der Waals surface area (Å²) in [5.74, 6) is -2.88. The van der Waals surface area contributed by atoms with Gasteiger partial charge in [0.05, 0.1) is 16.8 Å². The predicted molar refractivity (Wildman–Crippen MR) is 58.7 cm³/mol. The van der Waals surface area contributed by atoms with Crippen LogP contribution in [0.1, 0.15) is 0 Å². The van der Waals surface area contributed by atoms with E-state index in [2.05, 4.69) is 0 Å². The van der Waals surface area contributed by atoms with Crippen molar-refractivity contribution >= 4 is 29.1 Å². The number of hydrogen-bond donors (Lipinski definition) is 2. The molecule has 0 saturated heterocycles. The third-order valence-corrected chi connectivity index (χ3v) is 2.05. The molecule has 0 saturated carbocycles. The first kappa shape index (κ1) is 12.9. The summed E-state index contributed by atoms with van der Waals surface area (Å²) in [7, 11) is 0. The van der Waals surface area contributed by atoms with Crippen molar-refractivity contribution in [1.82, 2.24) is 5.32 Å². The van der Waals surface area contributed by atoms with Gasteiger partial charge in [-0.05, 0) is 12.1 Å². The Morgan fingerprint density at radius 3 is 2.71 bits per heavy atom. The molecule has 0 fully saturated rings. The molecule has 7 heteroatoms. The van der Waals surface area contributed by atoms with Crippen molar-refractivity contribution in [2.75, 3.05) is 11.9 Å². The average molecular weight is 256 g/mol. The summed E-state index contributed by atoms with van der Waals surface area (Å²) in [4.78, 5) is 22.4. The van der Waals surface area contributed by atoms with Crippen molar-refractivity contribution in [2.24, 2.45) is 0 Å². The van der Waals surface area contributed by atoms with E-state index in [-0.39, 0.29) is 17.3 Å². The number of hydrogen-bond acceptors (Lipinski definition) is 3. The fourth-order valence-electron chi connectivity index (χ4n) is 0.988. The van der Waals surface area contributed by atoms with Crippen molar-refractivity contribution in [1.29, 1.82) is 5.26 Å². The Balaban J connectivity index is 2.75. The fourth-order valence-corrected chi connectivity index (χ4v) is 1.20. The van der Waals surface area contributed by atoms with Crippen LogP contribution < -0.4 is 10.6 Å². The zero-order valence-corrected chi connectivity index (χ0v) is 9.21. The van der Waals surface area contributed by atoms with E-state index in [0.717, 1.165) is 6.07 Å². The Kier molecular flexibility index (Phi) is 4.43. The molecule has 0 heterocycles. The van der Waals surface area contributed by atoms with Gasteiger partial charge < -0.3 is 10.6 Å². The Morgan fingerprint density at radius 2 is 2.12 bits per heavy atom. The highest BCUT2D eigenvalue weighted by Gasteiger charge is 2.16. The van der Waals surface area contributed by atoms with Crippen LogP contribution in [0.5, 0.6) is 0 Å². The summed E-state index contributed by atoms with van der Waals surface area (Å²) >= 11 is 5.64. The van der Waals surface area contributed by atoms with Gasteiger partial charge in [0.15, 0.2) is 0 Å². The van der Waals surface area contributed by atoms with Crippen LogP contribution in [0.2, 0.25) is 5.02 Å². The summed E-state index contributed by atoms with van der Waals surface area (Å²) in [5.41, 5.74) is -0.272. The molecule has 0 aliphatic rings. The van der Waals surface area contributed by atoms with Gasteiger partial charge in [-0.15, -0.1) is 0 Å². The van der Waals surface area contributed by atoms with Crippen LogP contribution in [-0.4, -0.2) is 18.4 Å². The summed E-state index contributed by atoms with van der Waals surface area (Å²) in [5, 5.41) is 12.2. The van der Waals surface area contributed by atoms with Gasteiger partial charge >= 0.3 is 11.8 Å². The highest BCUT2D eigenvalue weighted by Crippen LogP contribution is 2.24. The topological polar surface area (TPSA) is 82.0 Å². The highest BCUT2D eigenvalue weighted by atomic mass is 35.5. The number of anilines is 1. The van der Waals surface area contributed by atoms with Crippen LogP contribution >= 0.6 is 11.6 Å². The first-order valence-electron chi connectivity index (χ1n) is 4.46. The number of nitrogens with one attached hydrogen (secondary N) is 2. The van der Waals surface area contributed by atoms with Gasteiger partial charge in [0.25, 0.3) is 0 Å². The molecule has 88 valence electrons. The average Bonchev–Trinajstić information content (AvgIpc) is 2.30. The van der Waals surface area contributed by atoms with E-state index < -0.39 is 17.6 Å². The number of nitrogens with zero attached hydrogens (tertiary/aromatic N) is 1. The van der Waals surface area contributed by atoms with Crippen molar-refractivity contribution < 1.29 is 14.0 Å². The van der Waals surface area contributed by atoms with Gasteiger partial charge in [-0.2, -0.15) is 5.26 Å². The van der Waals surface area contributed by atoms with Gasteiger partial charge in [0, 0.05) is 0 Å². The van der Waals surface area contributed by atoms with E-state index in [4.69, 9.17) is 16.9 Å². The molecule has 1 rings (SSSR count). The van der Waals surface area contributed by atoms with Gasteiger partial charge in [0.2, 0.25) is 0 Å². The molecule has 0 aromatic heterocycles. The molecule has 2 N–H and O–H groups in total. The maximum Gasteiger partial charge on any atom is 0.313 e. The fraction of sp³-hybridized carbons (Fsp3) is 0.100. The molecule has 5 nitrogen and oxygen atoms in total. The van der Waals surface area contributed by atoms with Gasteiger partial charge in [0.1, 0.15) is 12.4 Å². The predicted octanol–water partition coefficient (Wildman–Crippen LogP) is 1.06. The molecule has 1 aromatic carbocycles. The molecule has 0 aliphatic heterocycles. The Morgan fingerprint density at radius 1 is 1.41 bits per heavy atom. The number of benzene rings is 1. The number of amides is 2. The Hall–Kier alpha value is -2.13. The molecule has 0 atom stereocenters. The number of nitriles is 1. The smallest absolute Gasteiger partial charge is 0.313 e.